The molecule has 0 unspecified atom stereocenters. The monoisotopic (exact) mass is 437 g/mol. The number of benzene rings is 1. The molecule has 0 bridgehead atoms. The molecule has 2 saturated heterocycles. The van der Waals surface area contributed by atoms with Gasteiger partial charge in [-0.25, -0.2) is 8.42 Å². The van der Waals surface area contributed by atoms with E-state index in [9.17, 15) is 13.2 Å². The standard InChI is InChI=1S/C22H35N3O4S/c1-17(2)29-21-10-9-19(30(27,28)25-12-5-4-6-13-25)14-20(21)23-15-22(26)24-11-7-8-18(3)16-24/h9-10,14,17-18,23H,4-8,11-13,15-16H2,1-3H3/t18-/m1/s1. The summed E-state index contributed by atoms with van der Waals surface area (Å²) in [5.41, 5.74) is 0.542. The van der Waals surface area contributed by atoms with Gasteiger partial charge in [-0.3, -0.25) is 4.79 Å². The lowest BCUT2D eigenvalue weighted by molar-refractivity contribution is -0.130. The highest BCUT2D eigenvalue weighted by Crippen LogP contribution is 2.31. The number of carbonyl (C=O) groups is 1. The zero-order valence-corrected chi connectivity index (χ0v) is 19.2. The van der Waals surface area contributed by atoms with Gasteiger partial charge >= 0.3 is 0 Å². The maximum Gasteiger partial charge on any atom is 0.243 e. The molecule has 0 aromatic heterocycles. The van der Waals surface area contributed by atoms with Crippen LogP contribution < -0.4 is 10.1 Å². The molecule has 0 aliphatic carbocycles. The lowest BCUT2D eigenvalue weighted by Crippen LogP contribution is -2.42. The van der Waals surface area contributed by atoms with Crippen LogP contribution in [0, 0.1) is 5.92 Å². The molecule has 168 valence electrons. The molecule has 1 N–H and O–H groups in total. The Morgan fingerprint density at radius 1 is 1.17 bits per heavy atom. The SMILES string of the molecule is CC(C)Oc1ccc(S(=O)(=O)N2CCCCC2)cc1NCC(=O)N1CCC[C@@H](C)C1. The van der Waals surface area contributed by atoms with E-state index >= 15 is 0 Å². The molecule has 2 aliphatic heterocycles. The van der Waals surface area contributed by atoms with E-state index in [0.29, 0.717) is 30.4 Å². The third-order valence-corrected chi connectivity index (χ3v) is 7.60. The number of nitrogens with zero attached hydrogens (tertiary/aromatic N) is 2. The molecule has 0 radical (unpaired) electrons. The van der Waals surface area contributed by atoms with Crippen molar-refractivity contribution in [1.29, 1.82) is 0 Å². The highest BCUT2D eigenvalue weighted by Gasteiger charge is 2.27. The van der Waals surface area contributed by atoms with Crippen LogP contribution in [0.2, 0.25) is 0 Å². The average molecular weight is 438 g/mol. The Kier molecular flexibility index (Phi) is 7.63. The Morgan fingerprint density at radius 3 is 2.57 bits per heavy atom. The molecule has 30 heavy (non-hydrogen) atoms. The van der Waals surface area contributed by atoms with Crippen LogP contribution in [0.4, 0.5) is 5.69 Å². The summed E-state index contributed by atoms with van der Waals surface area (Å²) in [5.74, 6) is 1.10. The molecule has 3 rings (SSSR count). The summed E-state index contributed by atoms with van der Waals surface area (Å²) < 4.78 is 33.6. The van der Waals surface area contributed by atoms with Crippen LogP contribution in [-0.4, -0.2) is 62.4 Å². The molecule has 1 aromatic rings. The van der Waals surface area contributed by atoms with Crippen LogP contribution in [-0.2, 0) is 14.8 Å². The number of amides is 1. The summed E-state index contributed by atoms with van der Waals surface area (Å²) >= 11 is 0. The Balaban J connectivity index is 1.78. The predicted molar refractivity (Wildman–Crippen MR) is 118 cm³/mol. The lowest BCUT2D eigenvalue weighted by atomic mass is 10.0. The number of hydrogen-bond donors (Lipinski definition) is 1. The molecule has 0 spiro atoms. The number of rotatable bonds is 7. The van der Waals surface area contributed by atoms with Crippen molar-refractivity contribution in [3.05, 3.63) is 18.2 Å². The van der Waals surface area contributed by atoms with Gasteiger partial charge in [-0.2, -0.15) is 4.31 Å². The second-order valence-corrected chi connectivity index (χ2v) is 10.7. The van der Waals surface area contributed by atoms with Gasteiger partial charge in [0.2, 0.25) is 15.9 Å². The highest BCUT2D eigenvalue weighted by atomic mass is 32.2. The van der Waals surface area contributed by atoms with Crippen molar-refractivity contribution < 1.29 is 17.9 Å². The van der Waals surface area contributed by atoms with Crippen molar-refractivity contribution in [3.8, 4) is 5.75 Å². The average Bonchev–Trinajstić information content (AvgIpc) is 2.73. The zero-order chi connectivity index (χ0) is 21.7. The molecule has 1 atom stereocenters. The van der Waals surface area contributed by atoms with Crippen LogP contribution in [0.15, 0.2) is 23.1 Å². The maximum absolute atomic E-state index is 13.1. The van der Waals surface area contributed by atoms with Gasteiger partial charge in [0, 0.05) is 26.2 Å². The molecule has 2 heterocycles. The minimum Gasteiger partial charge on any atom is -0.489 e. The summed E-state index contributed by atoms with van der Waals surface area (Å²) in [6, 6.07) is 4.89. The first-order valence-corrected chi connectivity index (χ1v) is 12.5. The first-order chi connectivity index (χ1) is 14.3. The highest BCUT2D eigenvalue weighted by molar-refractivity contribution is 7.89. The van der Waals surface area contributed by atoms with Crippen molar-refractivity contribution in [2.24, 2.45) is 5.92 Å². The van der Waals surface area contributed by atoms with Crippen molar-refractivity contribution in [1.82, 2.24) is 9.21 Å². The van der Waals surface area contributed by atoms with Crippen LogP contribution in [0.3, 0.4) is 0 Å². The molecular weight excluding hydrogens is 402 g/mol. The predicted octanol–water partition coefficient (Wildman–Crippen LogP) is 3.32. The first kappa shape index (κ1) is 22.9. The van der Waals surface area contributed by atoms with Gasteiger partial charge in [-0.15, -0.1) is 0 Å². The van der Waals surface area contributed by atoms with E-state index in [-0.39, 0.29) is 23.5 Å². The van der Waals surface area contributed by atoms with Crippen LogP contribution >= 0.6 is 0 Å². The van der Waals surface area contributed by atoms with Crippen LogP contribution in [0.25, 0.3) is 0 Å². The quantitative estimate of drug-likeness (QED) is 0.708. The molecule has 1 amide bonds. The third kappa shape index (κ3) is 5.66. The molecular formula is C22H35N3O4S. The van der Waals surface area contributed by atoms with Gasteiger partial charge in [0.25, 0.3) is 0 Å². The number of ether oxygens (including phenoxy) is 1. The number of anilines is 1. The van der Waals surface area contributed by atoms with E-state index in [4.69, 9.17) is 4.74 Å². The summed E-state index contributed by atoms with van der Waals surface area (Å²) in [5, 5.41) is 3.15. The van der Waals surface area contributed by atoms with Gasteiger partial charge in [0.05, 0.1) is 23.2 Å². The Morgan fingerprint density at radius 2 is 1.90 bits per heavy atom. The molecule has 2 aliphatic rings. The van der Waals surface area contributed by atoms with E-state index in [1.807, 2.05) is 18.7 Å². The van der Waals surface area contributed by atoms with Gasteiger partial charge in [0.15, 0.2) is 0 Å². The molecule has 2 fully saturated rings. The minimum atomic E-state index is -3.55. The largest absolute Gasteiger partial charge is 0.489 e. The number of nitrogens with one attached hydrogen (secondary N) is 1. The fourth-order valence-corrected chi connectivity index (χ4v) is 5.66. The maximum atomic E-state index is 13.1. The van der Waals surface area contributed by atoms with Crippen molar-refractivity contribution in [3.63, 3.8) is 0 Å². The Labute approximate surface area is 180 Å². The fraction of sp³-hybridized carbons (Fsp3) is 0.682. The third-order valence-electron chi connectivity index (χ3n) is 5.71. The van der Waals surface area contributed by atoms with E-state index < -0.39 is 10.0 Å². The molecule has 0 saturated carbocycles. The summed E-state index contributed by atoms with van der Waals surface area (Å²) in [6.07, 6.45) is 4.97. The second kappa shape index (κ2) is 10.0. The summed E-state index contributed by atoms with van der Waals surface area (Å²) in [6.45, 7) is 8.79. The lowest BCUT2D eigenvalue weighted by Gasteiger charge is -2.31. The number of piperidine rings is 2. The van der Waals surface area contributed by atoms with Crippen molar-refractivity contribution >= 4 is 21.6 Å². The smallest absolute Gasteiger partial charge is 0.243 e. The van der Waals surface area contributed by atoms with Crippen molar-refractivity contribution in [2.45, 2.75) is 63.9 Å². The van der Waals surface area contributed by atoms with Crippen molar-refractivity contribution in [2.75, 3.05) is 38.0 Å². The summed E-state index contributed by atoms with van der Waals surface area (Å²) in [7, 11) is -3.55. The fourth-order valence-electron chi connectivity index (χ4n) is 4.12. The molecule has 7 nitrogen and oxygen atoms in total. The van der Waals surface area contributed by atoms with Gasteiger partial charge < -0.3 is 15.0 Å². The minimum absolute atomic E-state index is 0.0290. The van der Waals surface area contributed by atoms with E-state index in [2.05, 4.69) is 12.2 Å². The van der Waals surface area contributed by atoms with Crippen LogP contribution in [0.5, 0.6) is 5.75 Å². The Bertz CT molecular complexity index is 835. The normalized spacial score (nSPS) is 20.9. The molecule has 1 aromatic carbocycles. The van der Waals surface area contributed by atoms with Gasteiger partial charge in [-0.05, 0) is 63.6 Å². The number of likely N-dealkylation sites (tertiary alicyclic amines) is 1. The van der Waals surface area contributed by atoms with E-state index in [1.165, 1.54) is 0 Å². The van der Waals surface area contributed by atoms with E-state index in [1.54, 1.807) is 22.5 Å². The van der Waals surface area contributed by atoms with Gasteiger partial charge in [0.1, 0.15) is 5.75 Å². The zero-order valence-electron chi connectivity index (χ0n) is 18.4. The second-order valence-electron chi connectivity index (χ2n) is 8.73. The van der Waals surface area contributed by atoms with Gasteiger partial charge in [-0.1, -0.05) is 13.3 Å². The molecule has 8 heteroatoms. The topological polar surface area (TPSA) is 79.0 Å². The number of carbonyl (C=O) groups excluding carboxylic acids is 1. The number of hydrogen-bond acceptors (Lipinski definition) is 5. The van der Waals surface area contributed by atoms with E-state index in [0.717, 1.165) is 45.2 Å². The van der Waals surface area contributed by atoms with Crippen LogP contribution in [0.1, 0.15) is 52.9 Å². The first-order valence-electron chi connectivity index (χ1n) is 11.1. The summed E-state index contributed by atoms with van der Waals surface area (Å²) in [4.78, 5) is 14.8. The number of sulfonamides is 1. The Hall–Kier alpha value is -1.80.